The summed E-state index contributed by atoms with van der Waals surface area (Å²) < 4.78 is 42.6. The molecule has 45 heavy (non-hydrogen) atoms. The smallest absolute Gasteiger partial charge is 0.406 e. The maximum Gasteiger partial charge on any atom is 0.573 e. The number of aryl methyl sites for hydroxylation is 1. The predicted octanol–water partition coefficient (Wildman–Crippen LogP) is 6.46. The van der Waals surface area contributed by atoms with Crippen LogP contribution in [-0.2, 0) is 11.3 Å². The van der Waals surface area contributed by atoms with Gasteiger partial charge in [0, 0.05) is 19.2 Å². The molecule has 4 aromatic rings. The fourth-order valence-corrected chi connectivity index (χ4v) is 5.54. The molecule has 1 aliphatic heterocycles. The van der Waals surface area contributed by atoms with E-state index in [1.807, 2.05) is 49.4 Å². The van der Waals surface area contributed by atoms with E-state index in [1.165, 1.54) is 51.9 Å². The molecule has 1 fully saturated rings. The highest BCUT2D eigenvalue weighted by Gasteiger charge is 2.33. The van der Waals surface area contributed by atoms with Crippen molar-refractivity contribution in [1.82, 2.24) is 25.2 Å². The normalized spacial score (nSPS) is 14.6. The minimum atomic E-state index is -4.76. The standard InChI is InChI=1S/C31H30F3N7O3S/c1-19(2)25-14-5-20(3)15-26(25)41-27(42)17-45-30(41)36-29(43)38-39(4)16-21-6-8-22(9-7-21)28-35-18-40(37-28)23-10-12-24(13-11-23)44-31(32,33)34/h5-15,18-19H,16-17H2,1-4H3,(H,38,43). The van der Waals surface area contributed by atoms with E-state index in [0.29, 0.717) is 23.2 Å². The van der Waals surface area contributed by atoms with E-state index >= 15 is 0 Å². The van der Waals surface area contributed by atoms with Crippen molar-refractivity contribution in [3.63, 3.8) is 0 Å². The third-order valence-corrected chi connectivity index (χ3v) is 7.68. The molecule has 0 aliphatic carbocycles. The monoisotopic (exact) mass is 637 g/mol. The van der Waals surface area contributed by atoms with Crippen LogP contribution in [0.5, 0.6) is 5.75 Å². The molecule has 1 aliphatic rings. The van der Waals surface area contributed by atoms with E-state index in [1.54, 1.807) is 12.1 Å². The molecule has 0 atom stereocenters. The van der Waals surface area contributed by atoms with Crippen molar-refractivity contribution in [1.29, 1.82) is 0 Å². The summed E-state index contributed by atoms with van der Waals surface area (Å²) in [6.07, 6.45) is -3.30. The number of aromatic nitrogens is 3. The van der Waals surface area contributed by atoms with Crippen LogP contribution in [0.4, 0.5) is 23.7 Å². The van der Waals surface area contributed by atoms with Gasteiger partial charge in [-0.15, -0.1) is 18.3 Å². The van der Waals surface area contributed by atoms with E-state index < -0.39 is 12.4 Å². The molecular weight excluding hydrogens is 607 g/mol. The molecule has 0 spiro atoms. The number of amidine groups is 1. The number of halogens is 3. The van der Waals surface area contributed by atoms with Gasteiger partial charge in [0.1, 0.15) is 12.1 Å². The lowest BCUT2D eigenvalue weighted by Gasteiger charge is -2.22. The fourth-order valence-electron chi connectivity index (χ4n) is 4.69. The Balaban J connectivity index is 1.20. The minimum absolute atomic E-state index is 0.125. The maximum atomic E-state index is 12.8. The first-order valence-electron chi connectivity index (χ1n) is 13.9. The van der Waals surface area contributed by atoms with E-state index in [2.05, 4.69) is 39.1 Å². The Kier molecular flexibility index (Phi) is 9.25. The number of nitrogens with zero attached hydrogens (tertiary/aromatic N) is 6. The zero-order valence-electron chi connectivity index (χ0n) is 24.9. The van der Waals surface area contributed by atoms with Crippen molar-refractivity contribution in [2.24, 2.45) is 4.99 Å². The van der Waals surface area contributed by atoms with E-state index in [4.69, 9.17) is 0 Å². The van der Waals surface area contributed by atoms with Crippen LogP contribution in [-0.4, -0.2) is 56.0 Å². The second-order valence-electron chi connectivity index (χ2n) is 10.7. The van der Waals surface area contributed by atoms with Gasteiger partial charge in [0.2, 0.25) is 5.91 Å². The highest BCUT2D eigenvalue weighted by atomic mass is 32.2. The first-order chi connectivity index (χ1) is 21.4. The third-order valence-electron chi connectivity index (χ3n) is 6.76. The second kappa shape index (κ2) is 13.1. The number of carbonyl (C=O) groups is 2. The fraction of sp³-hybridized carbons (Fsp3) is 0.258. The molecule has 3 amide bonds. The van der Waals surface area contributed by atoms with E-state index in [0.717, 1.165) is 27.9 Å². The van der Waals surface area contributed by atoms with Gasteiger partial charge < -0.3 is 4.74 Å². The first kappa shape index (κ1) is 31.7. The van der Waals surface area contributed by atoms with E-state index in [9.17, 15) is 22.8 Å². The quantitative estimate of drug-likeness (QED) is 0.221. The summed E-state index contributed by atoms with van der Waals surface area (Å²) in [5.41, 5.74) is 7.62. The number of benzene rings is 3. The number of amides is 3. The molecule has 1 saturated heterocycles. The summed E-state index contributed by atoms with van der Waals surface area (Å²) in [5.74, 6) is 0.362. The third kappa shape index (κ3) is 7.88. The molecule has 5 rings (SSSR count). The zero-order valence-corrected chi connectivity index (χ0v) is 25.7. The SMILES string of the molecule is Cc1ccc(C(C)C)c(N2C(=O)CSC2=NC(=O)NN(C)Cc2ccc(-c3ncn(-c4ccc(OC(F)(F)F)cc4)n3)cc2)c1. The largest absolute Gasteiger partial charge is 0.573 e. The number of alkyl halides is 3. The Morgan fingerprint density at radius 2 is 1.82 bits per heavy atom. The molecular formula is C31H30F3N7O3S. The van der Waals surface area contributed by atoms with Gasteiger partial charge in [-0.05, 0) is 59.9 Å². The molecule has 2 heterocycles. The number of carbonyl (C=O) groups excluding carboxylic acids is 2. The number of aliphatic imine (C=N–C) groups is 1. The van der Waals surface area contributed by atoms with Gasteiger partial charge in [0.25, 0.3) is 0 Å². The Morgan fingerprint density at radius 1 is 1.11 bits per heavy atom. The highest BCUT2D eigenvalue weighted by molar-refractivity contribution is 8.15. The number of anilines is 1. The number of urea groups is 1. The van der Waals surface area contributed by atoms with Crippen LogP contribution in [0, 0.1) is 6.92 Å². The Morgan fingerprint density at radius 3 is 2.49 bits per heavy atom. The molecule has 0 radical (unpaired) electrons. The van der Waals surface area contributed by atoms with Gasteiger partial charge in [0.15, 0.2) is 11.0 Å². The van der Waals surface area contributed by atoms with Gasteiger partial charge in [0.05, 0.1) is 17.1 Å². The van der Waals surface area contributed by atoms with Crippen LogP contribution in [0.1, 0.15) is 36.5 Å². The average Bonchev–Trinajstić information content (AvgIpc) is 3.60. The van der Waals surface area contributed by atoms with E-state index in [-0.39, 0.29) is 23.3 Å². The summed E-state index contributed by atoms with van der Waals surface area (Å²) in [6, 6.07) is 18.1. The number of ether oxygens (including phenoxy) is 1. The molecule has 0 bridgehead atoms. The van der Waals surface area contributed by atoms with Crippen molar-refractivity contribution in [2.45, 2.75) is 39.6 Å². The molecule has 234 valence electrons. The number of nitrogens with one attached hydrogen (secondary N) is 1. The van der Waals surface area contributed by atoms with Gasteiger partial charge in [-0.3, -0.25) is 15.1 Å². The molecule has 0 unspecified atom stereocenters. The van der Waals surface area contributed by atoms with Crippen molar-refractivity contribution >= 4 is 34.6 Å². The Bertz CT molecular complexity index is 1720. The molecule has 1 aromatic heterocycles. The van der Waals surface area contributed by atoms with Gasteiger partial charge in [-0.25, -0.2) is 19.5 Å². The Hall–Kier alpha value is -4.69. The van der Waals surface area contributed by atoms with Crippen molar-refractivity contribution in [3.05, 3.63) is 89.7 Å². The van der Waals surface area contributed by atoms with Crippen molar-refractivity contribution in [3.8, 4) is 22.8 Å². The first-order valence-corrected chi connectivity index (χ1v) is 14.9. The lowest BCUT2D eigenvalue weighted by Crippen LogP contribution is -2.38. The second-order valence-corrected chi connectivity index (χ2v) is 11.6. The number of hydrogen-bond acceptors (Lipinski definition) is 7. The summed E-state index contributed by atoms with van der Waals surface area (Å²) in [6.45, 7) is 6.44. The predicted molar refractivity (Wildman–Crippen MR) is 166 cm³/mol. The van der Waals surface area contributed by atoms with Crippen LogP contribution >= 0.6 is 11.8 Å². The van der Waals surface area contributed by atoms with Crippen LogP contribution in [0.15, 0.2) is 78.0 Å². The zero-order chi connectivity index (χ0) is 32.3. The molecule has 1 N–H and O–H groups in total. The van der Waals surface area contributed by atoms with Gasteiger partial charge in [-0.1, -0.05) is 62.0 Å². The minimum Gasteiger partial charge on any atom is -0.406 e. The summed E-state index contributed by atoms with van der Waals surface area (Å²) in [5, 5.41) is 6.35. The topological polar surface area (TPSA) is 105 Å². The highest BCUT2D eigenvalue weighted by Crippen LogP contribution is 2.34. The lowest BCUT2D eigenvalue weighted by molar-refractivity contribution is -0.274. The van der Waals surface area contributed by atoms with Gasteiger partial charge in [-0.2, -0.15) is 4.99 Å². The van der Waals surface area contributed by atoms with Crippen molar-refractivity contribution in [2.75, 3.05) is 17.7 Å². The number of thioether (sulfide) groups is 1. The molecule has 3 aromatic carbocycles. The maximum absolute atomic E-state index is 12.8. The Labute approximate surface area is 261 Å². The average molecular weight is 638 g/mol. The number of rotatable bonds is 8. The lowest BCUT2D eigenvalue weighted by atomic mass is 9.99. The van der Waals surface area contributed by atoms with Crippen LogP contribution in [0.25, 0.3) is 17.1 Å². The number of hydrogen-bond donors (Lipinski definition) is 1. The molecule has 14 heteroatoms. The van der Waals surface area contributed by atoms with Crippen LogP contribution in [0.2, 0.25) is 0 Å². The summed E-state index contributed by atoms with van der Waals surface area (Å²) in [4.78, 5) is 35.7. The van der Waals surface area contributed by atoms with Crippen LogP contribution < -0.4 is 15.1 Å². The molecule has 10 nitrogen and oxygen atoms in total. The summed E-state index contributed by atoms with van der Waals surface area (Å²) >= 11 is 1.23. The van der Waals surface area contributed by atoms with Gasteiger partial charge >= 0.3 is 12.4 Å². The number of hydrazine groups is 1. The van der Waals surface area contributed by atoms with Crippen LogP contribution in [0.3, 0.4) is 0 Å². The molecule has 0 saturated carbocycles. The van der Waals surface area contributed by atoms with Crippen molar-refractivity contribution < 1.29 is 27.5 Å². The summed E-state index contributed by atoms with van der Waals surface area (Å²) in [7, 11) is 1.71.